The molecule has 25 heavy (non-hydrogen) atoms. The van der Waals surface area contributed by atoms with Crippen LogP contribution in [0.4, 0.5) is 4.39 Å². The number of halogens is 1. The van der Waals surface area contributed by atoms with Gasteiger partial charge in [0.05, 0.1) is 6.04 Å². The summed E-state index contributed by atoms with van der Waals surface area (Å²) in [4.78, 5) is 4.75. The Balaban J connectivity index is 1.51. The SMILES string of the molecule is Fc1cccc(Cn2cccc2C2=N[C@H](Cc3ccccc3)CO2)c1. The molecular formula is C21H19FN2O. The largest absolute Gasteiger partial charge is 0.474 e. The summed E-state index contributed by atoms with van der Waals surface area (Å²) in [6.07, 6.45) is 2.84. The third-order valence-electron chi connectivity index (χ3n) is 4.32. The molecule has 0 radical (unpaired) electrons. The van der Waals surface area contributed by atoms with Gasteiger partial charge in [0.25, 0.3) is 0 Å². The van der Waals surface area contributed by atoms with E-state index in [1.165, 1.54) is 11.6 Å². The molecule has 2 heterocycles. The van der Waals surface area contributed by atoms with Crippen molar-refractivity contribution in [3.8, 4) is 0 Å². The van der Waals surface area contributed by atoms with Crippen LogP contribution in [0.25, 0.3) is 0 Å². The maximum absolute atomic E-state index is 13.4. The third-order valence-corrected chi connectivity index (χ3v) is 4.32. The average Bonchev–Trinajstić information content (AvgIpc) is 3.25. The minimum Gasteiger partial charge on any atom is -0.474 e. The summed E-state index contributed by atoms with van der Waals surface area (Å²) in [6, 6.07) is 21.1. The van der Waals surface area contributed by atoms with Crippen molar-refractivity contribution in [3.05, 3.63) is 95.6 Å². The number of nitrogens with zero attached hydrogens (tertiary/aromatic N) is 2. The second-order valence-corrected chi connectivity index (χ2v) is 6.24. The third kappa shape index (κ3) is 3.63. The first-order valence-corrected chi connectivity index (χ1v) is 8.42. The van der Waals surface area contributed by atoms with Crippen LogP contribution < -0.4 is 0 Å². The summed E-state index contributed by atoms with van der Waals surface area (Å²) in [5.74, 6) is 0.450. The van der Waals surface area contributed by atoms with E-state index in [1.54, 1.807) is 12.1 Å². The molecule has 4 rings (SSSR count). The lowest BCUT2D eigenvalue weighted by molar-refractivity contribution is 0.315. The zero-order valence-corrected chi connectivity index (χ0v) is 13.8. The molecule has 0 bridgehead atoms. The normalized spacial score (nSPS) is 16.5. The summed E-state index contributed by atoms with van der Waals surface area (Å²) in [7, 11) is 0. The Labute approximate surface area is 146 Å². The van der Waals surface area contributed by atoms with Crippen LogP contribution >= 0.6 is 0 Å². The molecule has 0 fully saturated rings. The number of ether oxygens (including phenoxy) is 1. The van der Waals surface area contributed by atoms with Gasteiger partial charge >= 0.3 is 0 Å². The van der Waals surface area contributed by atoms with Crippen LogP contribution in [0, 0.1) is 5.82 Å². The summed E-state index contributed by atoms with van der Waals surface area (Å²) in [6.45, 7) is 1.18. The van der Waals surface area contributed by atoms with Crippen LogP contribution in [0.1, 0.15) is 16.8 Å². The number of hydrogen-bond acceptors (Lipinski definition) is 2. The number of aromatic nitrogens is 1. The molecule has 4 heteroatoms. The quantitative estimate of drug-likeness (QED) is 0.691. The van der Waals surface area contributed by atoms with Crippen molar-refractivity contribution in [1.82, 2.24) is 4.57 Å². The molecule has 1 aliphatic heterocycles. The van der Waals surface area contributed by atoms with Crippen molar-refractivity contribution in [3.63, 3.8) is 0 Å². The van der Waals surface area contributed by atoms with E-state index < -0.39 is 0 Å². The molecule has 0 saturated carbocycles. The van der Waals surface area contributed by atoms with Gasteiger partial charge in [-0.3, -0.25) is 0 Å². The Hall–Kier alpha value is -2.88. The molecule has 0 spiro atoms. The van der Waals surface area contributed by atoms with E-state index in [9.17, 15) is 4.39 Å². The van der Waals surface area contributed by atoms with E-state index in [-0.39, 0.29) is 11.9 Å². The zero-order chi connectivity index (χ0) is 17.1. The summed E-state index contributed by atoms with van der Waals surface area (Å²) >= 11 is 0. The smallest absolute Gasteiger partial charge is 0.233 e. The summed E-state index contributed by atoms with van der Waals surface area (Å²) in [5.41, 5.74) is 3.10. The van der Waals surface area contributed by atoms with E-state index in [0.717, 1.165) is 17.7 Å². The van der Waals surface area contributed by atoms with Crippen LogP contribution in [-0.4, -0.2) is 23.1 Å². The van der Waals surface area contributed by atoms with Crippen molar-refractivity contribution in [2.75, 3.05) is 6.61 Å². The van der Waals surface area contributed by atoms with Gasteiger partial charge in [-0.25, -0.2) is 9.38 Å². The van der Waals surface area contributed by atoms with Crippen LogP contribution in [0.15, 0.2) is 77.9 Å². The Morgan fingerprint density at radius 2 is 1.84 bits per heavy atom. The summed E-state index contributed by atoms with van der Waals surface area (Å²) in [5, 5.41) is 0. The van der Waals surface area contributed by atoms with Gasteiger partial charge in [0, 0.05) is 12.7 Å². The number of rotatable bonds is 5. The molecule has 0 amide bonds. The minimum absolute atomic E-state index is 0.134. The second kappa shape index (κ2) is 6.93. The number of hydrogen-bond donors (Lipinski definition) is 0. The van der Waals surface area contributed by atoms with E-state index in [4.69, 9.17) is 9.73 Å². The predicted molar refractivity (Wildman–Crippen MR) is 96.4 cm³/mol. The molecule has 0 saturated heterocycles. The number of benzene rings is 2. The monoisotopic (exact) mass is 334 g/mol. The van der Waals surface area contributed by atoms with Gasteiger partial charge in [0.1, 0.15) is 18.1 Å². The molecule has 3 aromatic rings. The average molecular weight is 334 g/mol. The van der Waals surface area contributed by atoms with Gasteiger partial charge in [-0.1, -0.05) is 42.5 Å². The van der Waals surface area contributed by atoms with Gasteiger partial charge in [-0.05, 0) is 41.8 Å². The lowest BCUT2D eigenvalue weighted by Gasteiger charge is -2.09. The van der Waals surface area contributed by atoms with E-state index >= 15 is 0 Å². The molecule has 126 valence electrons. The molecule has 2 aromatic carbocycles. The van der Waals surface area contributed by atoms with Crippen LogP contribution in [0.3, 0.4) is 0 Å². The molecule has 1 aromatic heterocycles. The molecule has 3 nitrogen and oxygen atoms in total. The van der Waals surface area contributed by atoms with Crippen LogP contribution in [0.5, 0.6) is 0 Å². The Morgan fingerprint density at radius 3 is 2.68 bits per heavy atom. The standard InChI is InChI=1S/C21H19FN2O/c22-18-9-4-8-17(12-18)14-24-11-5-10-20(24)21-23-19(15-25-21)13-16-6-2-1-3-7-16/h1-12,19H,13-15H2/t19-/m1/s1. The van der Waals surface area contributed by atoms with Gasteiger partial charge < -0.3 is 9.30 Å². The highest BCUT2D eigenvalue weighted by Gasteiger charge is 2.22. The van der Waals surface area contributed by atoms with Crippen molar-refractivity contribution < 1.29 is 9.13 Å². The van der Waals surface area contributed by atoms with Crippen LogP contribution in [-0.2, 0) is 17.7 Å². The first kappa shape index (κ1) is 15.6. The predicted octanol–water partition coefficient (Wildman–Crippen LogP) is 4.06. The number of aliphatic imine (C=N–C) groups is 1. The van der Waals surface area contributed by atoms with Crippen molar-refractivity contribution >= 4 is 5.90 Å². The van der Waals surface area contributed by atoms with Gasteiger partial charge in [0.15, 0.2) is 0 Å². The van der Waals surface area contributed by atoms with Crippen molar-refractivity contribution in [2.24, 2.45) is 4.99 Å². The van der Waals surface area contributed by atoms with E-state index in [0.29, 0.717) is 19.0 Å². The highest BCUT2D eigenvalue weighted by Crippen LogP contribution is 2.18. The summed E-state index contributed by atoms with van der Waals surface area (Å²) < 4.78 is 21.3. The molecule has 0 N–H and O–H groups in total. The highest BCUT2D eigenvalue weighted by atomic mass is 19.1. The minimum atomic E-state index is -0.219. The maximum atomic E-state index is 13.4. The van der Waals surface area contributed by atoms with Gasteiger partial charge in [-0.2, -0.15) is 0 Å². The molecular weight excluding hydrogens is 315 g/mol. The van der Waals surface area contributed by atoms with E-state index in [2.05, 4.69) is 12.1 Å². The Morgan fingerprint density at radius 1 is 1.00 bits per heavy atom. The Bertz CT molecular complexity index is 886. The van der Waals surface area contributed by atoms with Crippen molar-refractivity contribution in [2.45, 2.75) is 19.0 Å². The Kier molecular flexibility index (Phi) is 4.34. The lowest BCUT2D eigenvalue weighted by Crippen LogP contribution is -2.11. The topological polar surface area (TPSA) is 26.5 Å². The van der Waals surface area contributed by atoms with E-state index in [1.807, 2.05) is 47.2 Å². The zero-order valence-electron chi connectivity index (χ0n) is 13.8. The molecule has 0 unspecified atom stereocenters. The fourth-order valence-electron chi connectivity index (χ4n) is 3.12. The molecule has 1 atom stereocenters. The first-order valence-electron chi connectivity index (χ1n) is 8.42. The van der Waals surface area contributed by atoms with Gasteiger partial charge in [-0.15, -0.1) is 0 Å². The van der Waals surface area contributed by atoms with Crippen molar-refractivity contribution in [1.29, 1.82) is 0 Å². The fraction of sp³-hybridized carbons (Fsp3) is 0.190. The second-order valence-electron chi connectivity index (χ2n) is 6.24. The molecule has 1 aliphatic rings. The lowest BCUT2D eigenvalue weighted by atomic mass is 10.1. The maximum Gasteiger partial charge on any atom is 0.233 e. The fourth-order valence-corrected chi connectivity index (χ4v) is 3.12. The van der Waals surface area contributed by atoms with Gasteiger partial charge in [0.2, 0.25) is 5.90 Å². The van der Waals surface area contributed by atoms with Crippen LogP contribution in [0.2, 0.25) is 0 Å². The molecule has 0 aliphatic carbocycles. The highest BCUT2D eigenvalue weighted by molar-refractivity contribution is 5.93. The first-order chi connectivity index (χ1) is 12.3.